The normalized spacial score (nSPS) is 16.5. The Kier molecular flexibility index (Phi) is 9.15. The number of ether oxygens (including phenoxy) is 1. The molecule has 9 heteroatoms. The van der Waals surface area contributed by atoms with Gasteiger partial charge in [-0.1, -0.05) is 0 Å². The highest BCUT2D eigenvalue weighted by molar-refractivity contribution is 14.0. The van der Waals surface area contributed by atoms with E-state index in [1.807, 2.05) is 6.20 Å². The molecule has 1 aliphatic rings. The molecule has 2 heterocycles. The Morgan fingerprint density at radius 3 is 2.93 bits per heavy atom. The van der Waals surface area contributed by atoms with Crippen LogP contribution >= 0.6 is 24.0 Å². The zero-order valence-electron chi connectivity index (χ0n) is 16.8. The van der Waals surface area contributed by atoms with Crippen LogP contribution in [0.2, 0.25) is 0 Å². The van der Waals surface area contributed by atoms with Crippen LogP contribution in [0.3, 0.4) is 0 Å². The summed E-state index contributed by atoms with van der Waals surface area (Å²) in [6.07, 6.45) is 3.69. The Labute approximate surface area is 187 Å². The summed E-state index contributed by atoms with van der Waals surface area (Å²) in [5.74, 6) is 0.774. The smallest absolute Gasteiger partial charge is 0.243 e. The average molecular weight is 517 g/mol. The number of benzene rings is 1. The lowest BCUT2D eigenvalue weighted by molar-refractivity contribution is -0.127. The van der Waals surface area contributed by atoms with Crippen molar-refractivity contribution in [1.82, 2.24) is 20.5 Å². The molecule has 160 valence electrons. The van der Waals surface area contributed by atoms with Gasteiger partial charge >= 0.3 is 0 Å². The Balaban J connectivity index is 0.00000300. The van der Waals surface area contributed by atoms with Crippen molar-refractivity contribution in [3.05, 3.63) is 35.8 Å². The van der Waals surface area contributed by atoms with Gasteiger partial charge in [-0.05, 0) is 36.6 Å². The number of nitrogens with one attached hydrogen (secondary N) is 3. The molecule has 0 spiro atoms. The summed E-state index contributed by atoms with van der Waals surface area (Å²) >= 11 is 0. The van der Waals surface area contributed by atoms with Crippen molar-refractivity contribution < 1.29 is 13.9 Å². The quantitative estimate of drug-likeness (QED) is 0.299. The minimum Gasteiger partial charge on any atom is -0.381 e. The molecule has 1 unspecified atom stereocenters. The largest absolute Gasteiger partial charge is 0.381 e. The summed E-state index contributed by atoms with van der Waals surface area (Å²) in [6, 6.07) is 4.76. The van der Waals surface area contributed by atoms with Gasteiger partial charge in [-0.2, -0.15) is 0 Å². The summed E-state index contributed by atoms with van der Waals surface area (Å²) < 4.78 is 18.7. The van der Waals surface area contributed by atoms with Crippen LogP contribution in [0.25, 0.3) is 10.9 Å². The Hall–Kier alpha value is -1.88. The fraction of sp³-hybridized carbons (Fsp3) is 0.500. The molecule has 1 fully saturated rings. The molecule has 0 aliphatic carbocycles. The summed E-state index contributed by atoms with van der Waals surface area (Å²) in [5, 5.41) is 7.62. The number of aromatic amines is 1. The first kappa shape index (κ1) is 23.4. The maximum absolute atomic E-state index is 13.3. The number of amides is 1. The summed E-state index contributed by atoms with van der Waals surface area (Å²) in [7, 11) is 3.43. The third kappa shape index (κ3) is 6.84. The molecular weight excluding hydrogens is 488 g/mol. The van der Waals surface area contributed by atoms with Gasteiger partial charge in [0.1, 0.15) is 12.4 Å². The molecule has 3 N–H and O–H groups in total. The van der Waals surface area contributed by atoms with Gasteiger partial charge in [-0.25, -0.2) is 9.38 Å². The van der Waals surface area contributed by atoms with Crippen molar-refractivity contribution in [1.29, 1.82) is 0 Å². The minimum atomic E-state index is -0.251. The van der Waals surface area contributed by atoms with Gasteiger partial charge < -0.3 is 25.3 Å². The van der Waals surface area contributed by atoms with Crippen molar-refractivity contribution in [2.75, 3.05) is 46.9 Å². The van der Waals surface area contributed by atoms with Gasteiger partial charge in [0.05, 0.1) is 6.61 Å². The molecule has 1 atom stereocenters. The van der Waals surface area contributed by atoms with E-state index < -0.39 is 0 Å². The van der Waals surface area contributed by atoms with E-state index in [0.29, 0.717) is 18.4 Å². The molecule has 2 aromatic rings. The third-order valence-corrected chi connectivity index (χ3v) is 4.87. The first-order chi connectivity index (χ1) is 13.5. The lowest BCUT2D eigenvalue weighted by Crippen LogP contribution is -2.41. The van der Waals surface area contributed by atoms with Crippen molar-refractivity contribution in [3.63, 3.8) is 0 Å². The van der Waals surface area contributed by atoms with Crippen LogP contribution in [-0.4, -0.2) is 68.7 Å². The number of carbonyl (C=O) groups excluding carboxylic acids is 1. The van der Waals surface area contributed by atoms with Gasteiger partial charge in [0.25, 0.3) is 0 Å². The zero-order chi connectivity index (χ0) is 19.9. The van der Waals surface area contributed by atoms with Gasteiger partial charge in [-0.15, -0.1) is 24.0 Å². The van der Waals surface area contributed by atoms with Crippen LogP contribution in [0.5, 0.6) is 0 Å². The van der Waals surface area contributed by atoms with Gasteiger partial charge in [-0.3, -0.25) is 4.79 Å². The molecule has 1 aromatic heterocycles. The number of nitrogens with zero attached hydrogens (tertiary/aromatic N) is 2. The van der Waals surface area contributed by atoms with Gasteiger partial charge in [0.2, 0.25) is 5.91 Å². The lowest BCUT2D eigenvalue weighted by Gasteiger charge is -2.15. The van der Waals surface area contributed by atoms with Crippen LogP contribution in [-0.2, 0) is 16.0 Å². The summed E-state index contributed by atoms with van der Waals surface area (Å²) in [6.45, 7) is 3.05. The van der Waals surface area contributed by atoms with E-state index in [2.05, 4.69) is 20.6 Å². The number of guanidine groups is 1. The monoisotopic (exact) mass is 517 g/mol. The second kappa shape index (κ2) is 11.3. The van der Waals surface area contributed by atoms with Crippen LogP contribution in [0.15, 0.2) is 29.4 Å². The van der Waals surface area contributed by atoms with Crippen LogP contribution in [0.1, 0.15) is 12.0 Å². The number of fused-ring (bicyclic) bond motifs is 1. The second-order valence-corrected chi connectivity index (χ2v) is 7.24. The number of halogens is 2. The number of hydrogen-bond acceptors (Lipinski definition) is 3. The molecule has 29 heavy (non-hydrogen) atoms. The van der Waals surface area contributed by atoms with Gasteiger partial charge in [0.15, 0.2) is 5.96 Å². The number of carbonyl (C=O) groups is 1. The molecule has 1 aliphatic heterocycles. The maximum Gasteiger partial charge on any atom is 0.243 e. The predicted molar refractivity (Wildman–Crippen MR) is 123 cm³/mol. The second-order valence-electron chi connectivity index (χ2n) is 7.24. The standard InChI is InChI=1S/C20H28FN5O2.HI/c1-26(2)19(27)12-25-20(24-10-14-6-8-28-13-14)22-7-5-15-11-23-18-9-16(21)3-4-17(15)18;/h3-4,9,11,14,23H,5-8,10,12-13H2,1-2H3,(H2,22,24,25);1H. The van der Waals surface area contributed by atoms with Crippen molar-refractivity contribution >= 4 is 46.7 Å². The molecule has 7 nitrogen and oxygen atoms in total. The number of aliphatic imine (C=N–C) groups is 1. The molecule has 1 saturated heterocycles. The number of H-pyrrole nitrogens is 1. The number of aromatic nitrogens is 1. The summed E-state index contributed by atoms with van der Waals surface area (Å²) in [5.41, 5.74) is 1.90. The van der Waals surface area contributed by atoms with E-state index in [4.69, 9.17) is 4.74 Å². The highest BCUT2D eigenvalue weighted by atomic mass is 127. The molecule has 1 amide bonds. The van der Waals surface area contributed by atoms with E-state index in [9.17, 15) is 9.18 Å². The molecule has 0 saturated carbocycles. The maximum atomic E-state index is 13.3. The fourth-order valence-electron chi connectivity index (χ4n) is 3.13. The Morgan fingerprint density at radius 2 is 2.21 bits per heavy atom. The zero-order valence-corrected chi connectivity index (χ0v) is 19.2. The van der Waals surface area contributed by atoms with E-state index in [1.54, 1.807) is 20.2 Å². The Bertz CT molecular complexity index is 833. The van der Waals surface area contributed by atoms with Crippen molar-refractivity contribution in [2.24, 2.45) is 10.9 Å². The van der Waals surface area contributed by atoms with Crippen LogP contribution < -0.4 is 10.6 Å². The van der Waals surface area contributed by atoms with Crippen LogP contribution in [0.4, 0.5) is 4.39 Å². The first-order valence-corrected chi connectivity index (χ1v) is 9.58. The van der Waals surface area contributed by atoms with Crippen molar-refractivity contribution in [3.8, 4) is 0 Å². The predicted octanol–water partition coefficient (Wildman–Crippen LogP) is 2.13. The SMILES string of the molecule is CN(C)C(=O)CN=C(NCCc1c[nH]c2cc(F)ccc12)NCC1CCOC1.I. The lowest BCUT2D eigenvalue weighted by atomic mass is 10.1. The third-order valence-electron chi connectivity index (χ3n) is 4.87. The summed E-state index contributed by atoms with van der Waals surface area (Å²) in [4.78, 5) is 20.9. The number of rotatable bonds is 7. The van der Waals surface area contributed by atoms with E-state index in [-0.39, 0.29) is 42.2 Å². The molecule has 0 bridgehead atoms. The van der Waals surface area contributed by atoms with E-state index >= 15 is 0 Å². The van der Waals surface area contributed by atoms with E-state index in [0.717, 1.165) is 49.1 Å². The number of hydrogen-bond donors (Lipinski definition) is 3. The minimum absolute atomic E-state index is 0. The molecular formula is C20H29FIN5O2. The number of likely N-dealkylation sites (N-methyl/N-ethyl adjacent to an activating group) is 1. The van der Waals surface area contributed by atoms with E-state index in [1.165, 1.54) is 17.0 Å². The van der Waals surface area contributed by atoms with Gasteiger partial charge in [0, 0.05) is 56.8 Å². The van der Waals surface area contributed by atoms with Crippen molar-refractivity contribution in [2.45, 2.75) is 12.8 Å². The Morgan fingerprint density at radius 1 is 1.38 bits per heavy atom. The average Bonchev–Trinajstić information content (AvgIpc) is 3.32. The topological polar surface area (TPSA) is 81.8 Å². The highest BCUT2D eigenvalue weighted by Gasteiger charge is 2.16. The molecule has 1 aromatic carbocycles. The fourth-order valence-corrected chi connectivity index (χ4v) is 3.13. The first-order valence-electron chi connectivity index (χ1n) is 9.58. The molecule has 0 radical (unpaired) electrons. The van der Waals surface area contributed by atoms with Crippen LogP contribution in [0, 0.1) is 11.7 Å². The molecule has 3 rings (SSSR count). The highest BCUT2D eigenvalue weighted by Crippen LogP contribution is 2.19.